The number of hydrogen-bond acceptors (Lipinski definition) is 8. The van der Waals surface area contributed by atoms with Crippen LogP contribution in [0.25, 0.3) is 11.3 Å². The monoisotopic (exact) mass is 681 g/mol. The lowest BCUT2D eigenvalue weighted by molar-refractivity contribution is -0.107. The van der Waals surface area contributed by atoms with Crippen LogP contribution in [0.4, 0.5) is 20.3 Å². The van der Waals surface area contributed by atoms with Crippen molar-refractivity contribution in [2.75, 3.05) is 38.4 Å². The van der Waals surface area contributed by atoms with E-state index in [-0.39, 0.29) is 30.3 Å². The summed E-state index contributed by atoms with van der Waals surface area (Å²) >= 11 is 0. The van der Waals surface area contributed by atoms with E-state index in [0.29, 0.717) is 42.7 Å². The van der Waals surface area contributed by atoms with Crippen molar-refractivity contribution in [2.45, 2.75) is 44.9 Å². The van der Waals surface area contributed by atoms with Crippen molar-refractivity contribution in [3.8, 4) is 0 Å². The van der Waals surface area contributed by atoms with Gasteiger partial charge in [0, 0.05) is 80.7 Å². The molecule has 3 aliphatic heterocycles. The third kappa shape index (κ3) is 6.97. The molecule has 0 aliphatic carbocycles. The zero-order valence-electron chi connectivity index (χ0n) is 27.8. The van der Waals surface area contributed by atoms with Crippen molar-refractivity contribution in [3.05, 3.63) is 101 Å². The van der Waals surface area contributed by atoms with Crippen molar-refractivity contribution >= 4 is 44.8 Å². The second kappa shape index (κ2) is 14.7. The molecular weight excluding hydrogens is 640 g/mol. The summed E-state index contributed by atoms with van der Waals surface area (Å²) in [5, 5.41) is 6.11. The molecule has 13 heteroatoms. The van der Waals surface area contributed by atoms with Crippen LogP contribution >= 0.6 is 0 Å². The molecular formula is C35H41F2N5O5S. The Morgan fingerprint density at radius 3 is 2.50 bits per heavy atom. The molecule has 6 rings (SSSR count). The maximum Gasteiger partial charge on any atom is 0.254 e. The number of aromatic amines is 1. The van der Waals surface area contributed by atoms with Gasteiger partial charge in [-0.2, -0.15) is 0 Å². The van der Waals surface area contributed by atoms with Gasteiger partial charge in [0.1, 0.15) is 12.1 Å². The van der Waals surface area contributed by atoms with E-state index >= 15 is 4.39 Å². The minimum Gasteiger partial charge on any atom is -0.400 e. The number of H-pyrrole nitrogens is 1. The maximum absolute atomic E-state index is 15.3. The number of fused-ring (bicyclic) bond motifs is 3. The quantitative estimate of drug-likeness (QED) is 0.249. The molecule has 0 bridgehead atoms. The molecule has 5 heterocycles. The second-order valence-electron chi connectivity index (χ2n) is 11.9. The summed E-state index contributed by atoms with van der Waals surface area (Å²) in [6, 6.07) is 4.19. The molecule has 0 saturated heterocycles. The Bertz CT molecular complexity index is 1900. The predicted octanol–water partition coefficient (Wildman–Crippen LogP) is 5.75. The van der Waals surface area contributed by atoms with Gasteiger partial charge in [-0.25, -0.2) is 22.2 Å². The second-order valence-corrected chi connectivity index (χ2v) is 14.1. The van der Waals surface area contributed by atoms with Crippen LogP contribution in [-0.4, -0.2) is 79.0 Å². The Hall–Kier alpha value is -4.62. The van der Waals surface area contributed by atoms with E-state index < -0.39 is 26.7 Å². The third-order valence-electron chi connectivity index (χ3n) is 8.36. The molecule has 256 valence electrons. The number of carbonyl (C=O) groups is 2. The maximum atomic E-state index is 15.3. The minimum atomic E-state index is -3.58. The molecule has 2 N–H and O–H groups in total. The number of rotatable bonds is 6. The average molecular weight is 682 g/mol. The van der Waals surface area contributed by atoms with Gasteiger partial charge in [0.25, 0.3) is 5.91 Å². The van der Waals surface area contributed by atoms with Crippen LogP contribution in [0.5, 0.6) is 0 Å². The number of aromatic nitrogens is 2. The van der Waals surface area contributed by atoms with E-state index in [1.165, 1.54) is 6.26 Å². The van der Waals surface area contributed by atoms with Gasteiger partial charge in [0.05, 0.1) is 35.1 Å². The normalized spacial score (nSPS) is 16.5. The molecule has 3 aromatic rings. The first-order valence-corrected chi connectivity index (χ1v) is 17.3. The Morgan fingerprint density at radius 1 is 1.21 bits per heavy atom. The molecule has 1 atom stereocenters. The van der Waals surface area contributed by atoms with Crippen LogP contribution < -0.4 is 4.90 Å². The molecule has 2 aromatic heterocycles. The summed E-state index contributed by atoms with van der Waals surface area (Å²) in [5.74, 6) is -2.03. The molecule has 1 unspecified atom stereocenters. The number of anilines is 2. The lowest BCUT2D eigenvalue weighted by atomic mass is 9.89. The standard InChI is InChI=1S/C29H29F2N5O3S.C5H8O.CH4O/c1-5-7-35-8-6-25(40(4,38)39)20-10-19-22-15-34(3)16(2)27-26(22)17(12-32-27)14-36(24(19)11-21(20)29(35)37)28-23(31)9-18(30)13-33-28;1-5(2)3-4-6;1-2/h9-13,15,25,32H,2,5-8,14H2,1,3-4H3;4H,1,3H2,2H3;2H,1H3. The number of nitrogens with zero attached hydrogens (tertiary/aromatic N) is 4. The number of halogens is 2. The molecule has 0 saturated carbocycles. The SMILES string of the molecule is C=C(C)CC=O.C=C1c2[nH]cc3c2C(=CN1C)c1cc2c(cc1N(c1ncc(F)cc1F)C3)C(=O)N(CCC)CCC2S(C)(=O)=O.CO. The highest BCUT2D eigenvalue weighted by atomic mass is 32.2. The fraction of sp³-hybridized carbons (Fsp3) is 0.343. The summed E-state index contributed by atoms with van der Waals surface area (Å²) in [7, 11) is -0.723. The first kappa shape index (κ1) is 36.2. The highest BCUT2D eigenvalue weighted by Crippen LogP contribution is 2.48. The minimum absolute atomic E-state index is 0.102. The number of carbonyl (C=O) groups excluding carboxylic acids is 2. The summed E-state index contributed by atoms with van der Waals surface area (Å²) in [4.78, 5) is 35.9. The largest absolute Gasteiger partial charge is 0.400 e. The van der Waals surface area contributed by atoms with Gasteiger partial charge in [0.2, 0.25) is 0 Å². The summed E-state index contributed by atoms with van der Waals surface area (Å²) in [5.41, 5.74) is 6.68. The van der Waals surface area contributed by atoms with Crippen molar-refractivity contribution in [2.24, 2.45) is 0 Å². The number of amides is 1. The molecule has 1 aromatic carbocycles. The van der Waals surface area contributed by atoms with Crippen LogP contribution in [-0.2, 0) is 21.2 Å². The van der Waals surface area contributed by atoms with Crippen LogP contribution in [0.3, 0.4) is 0 Å². The van der Waals surface area contributed by atoms with Gasteiger partial charge in [0.15, 0.2) is 21.5 Å². The summed E-state index contributed by atoms with van der Waals surface area (Å²) in [6.07, 6.45) is 8.20. The molecule has 0 radical (unpaired) electrons. The van der Waals surface area contributed by atoms with Crippen LogP contribution in [0.2, 0.25) is 0 Å². The molecule has 0 fully saturated rings. The van der Waals surface area contributed by atoms with E-state index in [9.17, 15) is 22.4 Å². The van der Waals surface area contributed by atoms with E-state index in [0.717, 1.165) is 59.3 Å². The molecule has 0 spiro atoms. The van der Waals surface area contributed by atoms with Crippen molar-refractivity contribution in [1.82, 2.24) is 19.8 Å². The van der Waals surface area contributed by atoms with Crippen LogP contribution in [0.1, 0.15) is 76.7 Å². The molecule has 1 amide bonds. The smallest absolute Gasteiger partial charge is 0.254 e. The Balaban J connectivity index is 0.000000588. The Morgan fingerprint density at radius 2 is 1.92 bits per heavy atom. The van der Waals surface area contributed by atoms with E-state index in [2.05, 4.69) is 23.1 Å². The van der Waals surface area contributed by atoms with E-state index in [1.807, 2.05) is 38.2 Å². The van der Waals surface area contributed by atoms with E-state index in [1.54, 1.807) is 21.9 Å². The van der Waals surface area contributed by atoms with Gasteiger partial charge < -0.3 is 29.6 Å². The zero-order valence-corrected chi connectivity index (χ0v) is 28.6. The van der Waals surface area contributed by atoms with Gasteiger partial charge >= 0.3 is 0 Å². The number of nitrogens with one attached hydrogen (secondary N) is 1. The number of aliphatic hydroxyl groups excluding tert-OH is 1. The number of aldehydes is 1. The Labute approximate surface area is 280 Å². The van der Waals surface area contributed by atoms with Gasteiger partial charge in [-0.05, 0) is 43.0 Å². The number of benzene rings is 1. The summed E-state index contributed by atoms with van der Waals surface area (Å²) in [6.45, 7) is 12.4. The molecule has 10 nitrogen and oxygen atoms in total. The number of aliphatic hydroxyl groups is 1. The first-order valence-electron chi connectivity index (χ1n) is 15.4. The lowest BCUT2D eigenvalue weighted by Crippen LogP contribution is -2.32. The highest BCUT2D eigenvalue weighted by molar-refractivity contribution is 7.90. The van der Waals surface area contributed by atoms with Gasteiger partial charge in [-0.15, -0.1) is 0 Å². The predicted molar refractivity (Wildman–Crippen MR) is 183 cm³/mol. The molecule has 3 aliphatic rings. The topological polar surface area (TPSA) is 127 Å². The van der Waals surface area contributed by atoms with Gasteiger partial charge in [-0.1, -0.05) is 25.7 Å². The number of pyridine rings is 1. The first-order chi connectivity index (χ1) is 22.8. The Kier molecular flexibility index (Phi) is 11.1. The third-order valence-corrected chi connectivity index (χ3v) is 9.88. The van der Waals surface area contributed by atoms with E-state index in [4.69, 9.17) is 5.11 Å². The van der Waals surface area contributed by atoms with Crippen molar-refractivity contribution < 1.29 is 31.9 Å². The zero-order chi connectivity index (χ0) is 35.5. The number of hydrogen-bond donors (Lipinski definition) is 2. The fourth-order valence-corrected chi connectivity index (χ4v) is 7.35. The van der Waals surface area contributed by atoms with Gasteiger partial charge in [-0.3, -0.25) is 4.79 Å². The van der Waals surface area contributed by atoms with Crippen molar-refractivity contribution in [3.63, 3.8) is 0 Å². The lowest BCUT2D eigenvalue weighted by Gasteiger charge is -2.29. The van der Waals surface area contributed by atoms with Crippen molar-refractivity contribution in [1.29, 1.82) is 0 Å². The average Bonchev–Trinajstić information content (AvgIpc) is 3.33. The number of allylic oxidation sites excluding steroid dienone is 1. The number of sulfone groups is 1. The fourth-order valence-electron chi connectivity index (χ4n) is 6.16. The van der Waals surface area contributed by atoms with Crippen LogP contribution in [0.15, 0.2) is 55.5 Å². The molecule has 48 heavy (non-hydrogen) atoms. The summed E-state index contributed by atoms with van der Waals surface area (Å²) < 4.78 is 55.3. The highest BCUT2D eigenvalue weighted by Gasteiger charge is 2.38. The van der Waals surface area contributed by atoms with Crippen LogP contribution in [0, 0.1) is 11.6 Å².